The van der Waals surface area contributed by atoms with E-state index in [0.29, 0.717) is 18.3 Å². The first-order chi connectivity index (χ1) is 9.31. The molecule has 2 N–H and O–H groups in total. The molecular formula is C14H18N4O. The minimum atomic E-state index is 0.486. The standard InChI is InChI=1S/C14H18N4O/c1-2-18-5-3-4-13(18)12-6-10-8-15-14(16-9-19)7-11(10)17-12/h6-9,13,17H,2-5H2,1H3,(H,15,16,19). The van der Waals surface area contributed by atoms with E-state index in [2.05, 4.69) is 33.2 Å². The third-order valence-electron chi connectivity index (χ3n) is 3.86. The molecule has 5 heteroatoms. The number of carbonyl (C=O) groups excluding carboxylic acids is 1. The quantitative estimate of drug-likeness (QED) is 0.827. The van der Waals surface area contributed by atoms with Crippen LogP contribution in [0.15, 0.2) is 18.3 Å². The van der Waals surface area contributed by atoms with Crippen LogP contribution in [0, 0.1) is 0 Å². The molecule has 1 unspecified atom stereocenters. The molecule has 0 saturated carbocycles. The summed E-state index contributed by atoms with van der Waals surface area (Å²) in [4.78, 5) is 20.6. The van der Waals surface area contributed by atoms with Crippen LogP contribution >= 0.6 is 0 Å². The van der Waals surface area contributed by atoms with Crippen LogP contribution in [0.25, 0.3) is 10.9 Å². The first-order valence-corrected chi connectivity index (χ1v) is 6.74. The molecule has 1 amide bonds. The van der Waals surface area contributed by atoms with Gasteiger partial charge in [-0.05, 0) is 32.0 Å². The normalized spacial score (nSPS) is 19.9. The van der Waals surface area contributed by atoms with Gasteiger partial charge in [0.25, 0.3) is 0 Å². The number of pyridine rings is 1. The van der Waals surface area contributed by atoms with Gasteiger partial charge >= 0.3 is 0 Å². The molecule has 1 aliphatic rings. The molecule has 1 fully saturated rings. The topological polar surface area (TPSA) is 61.0 Å². The monoisotopic (exact) mass is 258 g/mol. The van der Waals surface area contributed by atoms with Crippen molar-refractivity contribution in [2.45, 2.75) is 25.8 Å². The molecule has 3 rings (SSSR count). The Morgan fingerprint density at radius 1 is 1.58 bits per heavy atom. The van der Waals surface area contributed by atoms with Gasteiger partial charge in [0.1, 0.15) is 5.82 Å². The van der Waals surface area contributed by atoms with Gasteiger partial charge in [-0.2, -0.15) is 0 Å². The lowest BCUT2D eigenvalue weighted by molar-refractivity contribution is -0.105. The van der Waals surface area contributed by atoms with Crippen LogP contribution in [0.3, 0.4) is 0 Å². The first kappa shape index (κ1) is 12.2. The molecule has 0 aromatic carbocycles. The average Bonchev–Trinajstić information content (AvgIpc) is 3.04. The van der Waals surface area contributed by atoms with Crippen molar-refractivity contribution in [3.05, 3.63) is 24.0 Å². The third-order valence-corrected chi connectivity index (χ3v) is 3.86. The highest BCUT2D eigenvalue weighted by atomic mass is 16.1. The molecular weight excluding hydrogens is 240 g/mol. The lowest BCUT2D eigenvalue weighted by Crippen LogP contribution is -2.22. The minimum absolute atomic E-state index is 0.486. The fourth-order valence-corrected chi connectivity index (χ4v) is 2.92. The predicted molar refractivity (Wildman–Crippen MR) is 75.0 cm³/mol. The summed E-state index contributed by atoms with van der Waals surface area (Å²) in [5.41, 5.74) is 2.27. The van der Waals surface area contributed by atoms with Crippen molar-refractivity contribution in [3.63, 3.8) is 0 Å². The summed E-state index contributed by atoms with van der Waals surface area (Å²) in [5, 5.41) is 3.67. The number of hydrogen-bond donors (Lipinski definition) is 2. The fourth-order valence-electron chi connectivity index (χ4n) is 2.92. The number of anilines is 1. The smallest absolute Gasteiger partial charge is 0.212 e. The molecule has 2 aromatic heterocycles. The number of fused-ring (bicyclic) bond motifs is 1. The molecule has 3 heterocycles. The Labute approximate surface area is 112 Å². The Morgan fingerprint density at radius 2 is 2.47 bits per heavy atom. The summed E-state index contributed by atoms with van der Waals surface area (Å²) in [6.07, 6.45) is 4.90. The summed E-state index contributed by atoms with van der Waals surface area (Å²) in [5.74, 6) is 0.578. The molecule has 1 atom stereocenters. The van der Waals surface area contributed by atoms with Crippen molar-refractivity contribution in [2.75, 3.05) is 18.4 Å². The number of amides is 1. The van der Waals surface area contributed by atoms with Gasteiger partial charge in [0.15, 0.2) is 0 Å². The van der Waals surface area contributed by atoms with Crippen LogP contribution in [0.5, 0.6) is 0 Å². The number of aromatic amines is 1. The number of hydrogen-bond acceptors (Lipinski definition) is 3. The molecule has 100 valence electrons. The maximum atomic E-state index is 10.4. The minimum Gasteiger partial charge on any atom is -0.357 e. The highest BCUT2D eigenvalue weighted by Gasteiger charge is 2.25. The number of rotatable bonds is 4. The van der Waals surface area contributed by atoms with E-state index >= 15 is 0 Å². The molecule has 19 heavy (non-hydrogen) atoms. The van der Waals surface area contributed by atoms with Crippen LogP contribution in [0.2, 0.25) is 0 Å². The maximum Gasteiger partial charge on any atom is 0.212 e. The summed E-state index contributed by atoms with van der Waals surface area (Å²) < 4.78 is 0. The zero-order valence-electron chi connectivity index (χ0n) is 11.0. The molecule has 5 nitrogen and oxygen atoms in total. The van der Waals surface area contributed by atoms with Crippen molar-refractivity contribution in [3.8, 4) is 0 Å². The van der Waals surface area contributed by atoms with Crippen LogP contribution in [-0.4, -0.2) is 34.4 Å². The zero-order chi connectivity index (χ0) is 13.2. The summed E-state index contributed by atoms with van der Waals surface area (Å²) in [6.45, 7) is 4.46. The second kappa shape index (κ2) is 5.01. The molecule has 0 aliphatic carbocycles. The van der Waals surface area contributed by atoms with Crippen molar-refractivity contribution in [2.24, 2.45) is 0 Å². The van der Waals surface area contributed by atoms with Gasteiger partial charge < -0.3 is 10.3 Å². The highest BCUT2D eigenvalue weighted by molar-refractivity contribution is 5.84. The van der Waals surface area contributed by atoms with Gasteiger partial charge in [-0.3, -0.25) is 9.69 Å². The predicted octanol–water partition coefficient (Wildman–Crippen LogP) is 2.29. The molecule has 2 aromatic rings. The van der Waals surface area contributed by atoms with Crippen LogP contribution < -0.4 is 5.32 Å². The first-order valence-electron chi connectivity index (χ1n) is 6.74. The van der Waals surface area contributed by atoms with E-state index in [1.165, 1.54) is 25.1 Å². The fraction of sp³-hybridized carbons (Fsp3) is 0.429. The van der Waals surface area contributed by atoms with Crippen LogP contribution in [0.4, 0.5) is 5.82 Å². The van der Waals surface area contributed by atoms with Gasteiger partial charge in [0, 0.05) is 29.4 Å². The van der Waals surface area contributed by atoms with Crippen LogP contribution in [-0.2, 0) is 4.79 Å². The zero-order valence-corrected chi connectivity index (χ0v) is 11.0. The third kappa shape index (κ3) is 2.21. The number of nitrogens with zero attached hydrogens (tertiary/aromatic N) is 2. The van der Waals surface area contributed by atoms with Gasteiger partial charge in [0.2, 0.25) is 6.41 Å². The number of H-pyrrole nitrogens is 1. The van der Waals surface area contributed by atoms with E-state index < -0.39 is 0 Å². The van der Waals surface area contributed by atoms with Crippen molar-refractivity contribution in [1.82, 2.24) is 14.9 Å². The highest BCUT2D eigenvalue weighted by Crippen LogP contribution is 2.32. The Morgan fingerprint density at radius 3 is 3.26 bits per heavy atom. The number of likely N-dealkylation sites (tertiary alicyclic amines) is 1. The molecule has 1 aliphatic heterocycles. The number of nitrogens with one attached hydrogen (secondary N) is 2. The lowest BCUT2D eigenvalue weighted by Gasteiger charge is -2.21. The van der Waals surface area contributed by atoms with E-state index in [1.807, 2.05) is 6.07 Å². The van der Waals surface area contributed by atoms with Crippen molar-refractivity contribution < 1.29 is 4.79 Å². The van der Waals surface area contributed by atoms with Crippen molar-refractivity contribution >= 4 is 23.1 Å². The molecule has 0 spiro atoms. The van der Waals surface area contributed by atoms with E-state index in [-0.39, 0.29) is 0 Å². The number of aromatic nitrogens is 2. The summed E-state index contributed by atoms with van der Waals surface area (Å²) >= 11 is 0. The lowest BCUT2D eigenvalue weighted by atomic mass is 10.1. The van der Waals surface area contributed by atoms with Gasteiger partial charge in [0.05, 0.1) is 5.52 Å². The summed E-state index contributed by atoms with van der Waals surface area (Å²) in [7, 11) is 0. The van der Waals surface area contributed by atoms with Crippen molar-refractivity contribution in [1.29, 1.82) is 0 Å². The van der Waals surface area contributed by atoms with E-state index in [0.717, 1.165) is 17.4 Å². The van der Waals surface area contributed by atoms with Gasteiger partial charge in [-0.15, -0.1) is 0 Å². The Bertz CT molecular complexity index is 592. The maximum absolute atomic E-state index is 10.4. The Kier molecular flexibility index (Phi) is 3.21. The molecule has 0 bridgehead atoms. The van der Waals surface area contributed by atoms with E-state index in [4.69, 9.17) is 0 Å². The second-order valence-corrected chi connectivity index (χ2v) is 4.93. The summed E-state index contributed by atoms with van der Waals surface area (Å²) in [6, 6.07) is 4.53. The second-order valence-electron chi connectivity index (χ2n) is 4.93. The average molecular weight is 258 g/mol. The molecule has 1 saturated heterocycles. The largest absolute Gasteiger partial charge is 0.357 e. The molecule has 0 radical (unpaired) electrons. The van der Waals surface area contributed by atoms with E-state index in [9.17, 15) is 4.79 Å². The Hall–Kier alpha value is -1.88. The van der Waals surface area contributed by atoms with E-state index in [1.54, 1.807) is 6.20 Å². The van der Waals surface area contributed by atoms with Gasteiger partial charge in [-0.1, -0.05) is 6.92 Å². The number of carbonyl (C=O) groups is 1. The van der Waals surface area contributed by atoms with Gasteiger partial charge in [-0.25, -0.2) is 4.98 Å². The SMILES string of the molecule is CCN1CCCC1c1cc2cnc(NC=O)cc2[nH]1. The Balaban J connectivity index is 1.94. The van der Waals surface area contributed by atoms with Crippen LogP contribution in [0.1, 0.15) is 31.5 Å².